The number of ether oxygens (including phenoxy) is 3. The van der Waals surface area contributed by atoms with E-state index in [1.54, 1.807) is 27.4 Å². The molecule has 0 aromatic heterocycles. The molecule has 2 aromatic carbocycles. The van der Waals surface area contributed by atoms with Crippen LogP contribution in [0, 0.1) is 6.92 Å². The Bertz CT molecular complexity index is 785. The van der Waals surface area contributed by atoms with Gasteiger partial charge in [-0.2, -0.15) is 0 Å². The molecule has 24 heavy (non-hydrogen) atoms. The molecule has 1 N–H and O–H groups in total. The fourth-order valence-corrected chi connectivity index (χ4v) is 3.12. The minimum absolute atomic E-state index is 0.00689. The van der Waals surface area contributed by atoms with Crippen molar-refractivity contribution in [1.82, 2.24) is 0 Å². The van der Waals surface area contributed by atoms with Crippen LogP contribution in [0.3, 0.4) is 0 Å². The van der Waals surface area contributed by atoms with Gasteiger partial charge in [-0.25, -0.2) is 0 Å². The van der Waals surface area contributed by atoms with Gasteiger partial charge >= 0.3 is 0 Å². The van der Waals surface area contributed by atoms with Gasteiger partial charge in [0, 0.05) is 11.8 Å². The van der Waals surface area contributed by atoms with Crippen molar-refractivity contribution >= 4 is 11.6 Å². The third kappa shape index (κ3) is 2.77. The molecule has 5 nitrogen and oxygen atoms in total. The Balaban J connectivity index is 2.00. The van der Waals surface area contributed by atoms with E-state index >= 15 is 0 Å². The summed E-state index contributed by atoms with van der Waals surface area (Å²) in [6.07, 6.45) is 0.534. The van der Waals surface area contributed by atoms with Crippen molar-refractivity contribution in [3.8, 4) is 17.2 Å². The van der Waals surface area contributed by atoms with Crippen LogP contribution in [-0.4, -0.2) is 27.2 Å². The largest absolute Gasteiger partial charge is 0.496 e. The molecule has 0 saturated heterocycles. The minimum atomic E-state index is -0.244. The Kier molecular flexibility index (Phi) is 4.34. The molecule has 0 spiro atoms. The number of methoxy groups -OCH3 is 3. The van der Waals surface area contributed by atoms with Crippen LogP contribution in [0.25, 0.3) is 0 Å². The average molecular weight is 327 g/mol. The summed E-state index contributed by atoms with van der Waals surface area (Å²) in [7, 11) is 4.78. The van der Waals surface area contributed by atoms with E-state index in [2.05, 4.69) is 11.4 Å². The van der Waals surface area contributed by atoms with Crippen molar-refractivity contribution in [1.29, 1.82) is 0 Å². The molecule has 1 aliphatic heterocycles. The van der Waals surface area contributed by atoms with Gasteiger partial charge < -0.3 is 19.5 Å². The van der Waals surface area contributed by atoms with Crippen molar-refractivity contribution in [2.75, 3.05) is 26.6 Å². The first-order chi connectivity index (χ1) is 11.6. The molecule has 126 valence electrons. The summed E-state index contributed by atoms with van der Waals surface area (Å²) in [5, 5.41) is 2.95. The number of hydrogen-bond acceptors (Lipinski definition) is 4. The third-order valence-electron chi connectivity index (χ3n) is 4.37. The summed E-state index contributed by atoms with van der Waals surface area (Å²) in [5.74, 6) is 1.67. The van der Waals surface area contributed by atoms with Crippen molar-refractivity contribution in [3.63, 3.8) is 0 Å². The zero-order valence-corrected chi connectivity index (χ0v) is 14.3. The number of amides is 1. The summed E-state index contributed by atoms with van der Waals surface area (Å²) in [6.45, 7) is 2.02. The summed E-state index contributed by atoms with van der Waals surface area (Å²) >= 11 is 0. The number of benzene rings is 2. The maximum Gasteiger partial charge on any atom is 0.232 e. The molecular weight excluding hydrogens is 306 g/mol. The van der Waals surface area contributed by atoms with Gasteiger partial charge in [-0.1, -0.05) is 17.7 Å². The quantitative estimate of drug-likeness (QED) is 0.915. The molecule has 0 aliphatic carbocycles. The highest BCUT2D eigenvalue weighted by Gasteiger charge is 2.31. The molecule has 2 aromatic rings. The average Bonchev–Trinajstić information content (AvgIpc) is 2.89. The Morgan fingerprint density at radius 3 is 2.29 bits per heavy atom. The van der Waals surface area contributed by atoms with Crippen LogP contribution >= 0.6 is 0 Å². The lowest BCUT2D eigenvalue weighted by atomic mass is 9.91. The van der Waals surface area contributed by atoms with Gasteiger partial charge in [-0.3, -0.25) is 4.79 Å². The van der Waals surface area contributed by atoms with Gasteiger partial charge in [0.15, 0.2) is 11.5 Å². The number of nitrogens with one attached hydrogen (secondary N) is 1. The van der Waals surface area contributed by atoms with Gasteiger partial charge in [0.25, 0.3) is 0 Å². The maximum atomic E-state index is 12.4. The summed E-state index contributed by atoms with van der Waals surface area (Å²) < 4.78 is 16.2. The number of fused-ring (bicyclic) bond motifs is 1. The van der Waals surface area contributed by atoms with Crippen LogP contribution in [-0.2, 0) is 11.2 Å². The highest BCUT2D eigenvalue weighted by Crippen LogP contribution is 2.40. The number of aryl methyl sites for hydroxylation is 1. The molecule has 1 aliphatic rings. The number of rotatable bonds is 5. The lowest BCUT2D eigenvalue weighted by Gasteiger charge is -2.16. The number of carbonyl (C=O) groups excluding carboxylic acids is 1. The van der Waals surface area contributed by atoms with E-state index in [1.807, 2.05) is 25.1 Å². The number of hydrogen-bond donors (Lipinski definition) is 1. The van der Waals surface area contributed by atoms with Crippen LogP contribution in [0.1, 0.15) is 22.6 Å². The van der Waals surface area contributed by atoms with E-state index in [-0.39, 0.29) is 11.8 Å². The van der Waals surface area contributed by atoms with Crippen LogP contribution in [0.15, 0.2) is 30.3 Å². The highest BCUT2D eigenvalue weighted by molar-refractivity contribution is 6.03. The second-order valence-corrected chi connectivity index (χ2v) is 5.86. The molecule has 1 atom stereocenters. The molecule has 0 radical (unpaired) electrons. The van der Waals surface area contributed by atoms with Crippen LogP contribution in [0.2, 0.25) is 0 Å². The van der Waals surface area contributed by atoms with Crippen LogP contribution < -0.4 is 19.5 Å². The van der Waals surface area contributed by atoms with Crippen molar-refractivity contribution in [2.24, 2.45) is 0 Å². The smallest absolute Gasteiger partial charge is 0.232 e. The first-order valence-corrected chi connectivity index (χ1v) is 7.77. The van der Waals surface area contributed by atoms with Gasteiger partial charge in [-0.05, 0) is 36.6 Å². The molecule has 1 amide bonds. The first kappa shape index (κ1) is 16.2. The Morgan fingerprint density at radius 2 is 1.62 bits per heavy atom. The van der Waals surface area contributed by atoms with Crippen LogP contribution in [0.4, 0.5) is 5.69 Å². The zero-order chi connectivity index (χ0) is 17.3. The summed E-state index contributed by atoms with van der Waals surface area (Å²) in [4.78, 5) is 12.4. The van der Waals surface area contributed by atoms with E-state index in [4.69, 9.17) is 14.2 Å². The highest BCUT2D eigenvalue weighted by atomic mass is 16.5. The van der Waals surface area contributed by atoms with E-state index < -0.39 is 0 Å². The van der Waals surface area contributed by atoms with Crippen molar-refractivity contribution < 1.29 is 19.0 Å². The fraction of sp³-hybridized carbons (Fsp3) is 0.316. The summed E-state index contributed by atoms with van der Waals surface area (Å²) in [6, 6.07) is 9.68. The van der Waals surface area contributed by atoms with Crippen molar-refractivity contribution in [3.05, 3.63) is 47.0 Å². The van der Waals surface area contributed by atoms with E-state index in [9.17, 15) is 4.79 Å². The normalized spacial score (nSPS) is 15.7. The summed E-state index contributed by atoms with van der Waals surface area (Å²) in [5.41, 5.74) is 3.95. The molecule has 0 bridgehead atoms. The molecular formula is C19H21NO4. The van der Waals surface area contributed by atoms with Crippen LogP contribution in [0.5, 0.6) is 17.2 Å². The maximum absolute atomic E-state index is 12.4. The Labute approximate surface area is 141 Å². The van der Waals surface area contributed by atoms with E-state index in [0.717, 1.165) is 22.4 Å². The standard InChI is InChI=1S/C19H21NO4/c1-11-5-6-15-13(7-11)14(19(21)20-15)8-12-9-17(23-3)18(24-4)10-16(12)22-2/h5-7,9-10,14H,8H2,1-4H3,(H,20,21). The van der Waals surface area contributed by atoms with Gasteiger partial charge in [0.05, 0.1) is 27.2 Å². The predicted molar refractivity (Wildman–Crippen MR) is 92.4 cm³/mol. The van der Waals surface area contributed by atoms with E-state index in [1.165, 1.54) is 0 Å². The van der Waals surface area contributed by atoms with Crippen molar-refractivity contribution in [2.45, 2.75) is 19.3 Å². The Hall–Kier alpha value is -2.69. The van der Waals surface area contributed by atoms with Gasteiger partial charge in [0.1, 0.15) is 5.75 Å². The molecule has 5 heteroatoms. The fourth-order valence-electron chi connectivity index (χ4n) is 3.12. The lowest BCUT2D eigenvalue weighted by molar-refractivity contribution is -0.117. The van der Waals surface area contributed by atoms with E-state index in [0.29, 0.717) is 23.7 Å². The monoisotopic (exact) mass is 327 g/mol. The molecule has 1 heterocycles. The predicted octanol–water partition coefficient (Wildman–Crippen LogP) is 3.30. The Morgan fingerprint density at radius 1 is 0.958 bits per heavy atom. The number of carbonyl (C=O) groups is 1. The topological polar surface area (TPSA) is 56.8 Å². The number of anilines is 1. The molecule has 1 unspecified atom stereocenters. The SMILES string of the molecule is COc1cc(OC)c(OC)cc1CC1C(=O)Nc2ccc(C)cc21. The second kappa shape index (κ2) is 6.43. The molecule has 3 rings (SSSR count). The molecule has 0 fully saturated rings. The van der Waals surface area contributed by atoms with Gasteiger partial charge in [0.2, 0.25) is 5.91 Å². The van der Waals surface area contributed by atoms with Gasteiger partial charge in [-0.15, -0.1) is 0 Å². The second-order valence-electron chi connectivity index (χ2n) is 5.86. The first-order valence-electron chi connectivity index (χ1n) is 7.77. The minimum Gasteiger partial charge on any atom is -0.496 e. The lowest BCUT2D eigenvalue weighted by Crippen LogP contribution is -2.15. The third-order valence-corrected chi connectivity index (χ3v) is 4.37. The molecule has 0 saturated carbocycles. The zero-order valence-electron chi connectivity index (χ0n) is 14.3.